The Morgan fingerprint density at radius 2 is 1.55 bits per heavy atom. The first-order valence-corrected chi connectivity index (χ1v) is 8.81. The zero-order chi connectivity index (χ0) is 15.6. The number of nitrogens with one attached hydrogen (secondary N) is 1. The summed E-state index contributed by atoms with van der Waals surface area (Å²) in [4.78, 5) is 12.6. The third-order valence-corrected chi connectivity index (χ3v) is 4.78. The van der Waals surface area contributed by atoms with E-state index < -0.39 is 10.8 Å². The molecule has 1 unspecified atom stereocenters. The SMILES string of the molecule is O=C(CCCCS(=O)c1ccccc1)NCc1ccccc1. The molecule has 1 N–H and O–H groups in total. The number of carbonyl (C=O) groups is 1. The molecule has 0 saturated heterocycles. The van der Waals surface area contributed by atoms with Crippen molar-refractivity contribution in [2.45, 2.75) is 30.7 Å². The van der Waals surface area contributed by atoms with Crippen molar-refractivity contribution < 1.29 is 9.00 Å². The Morgan fingerprint density at radius 3 is 2.23 bits per heavy atom. The molecule has 2 rings (SSSR count). The fourth-order valence-corrected chi connectivity index (χ4v) is 3.26. The number of hydrogen-bond donors (Lipinski definition) is 1. The molecule has 3 nitrogen and oxygen atoms in total. The van der Waals surface area contributed by atoms with Gasteiger partial charge < -0.3 is 5.32 Å². The summed E-state index contributed by atoms with van der Waals surface area (Å²) < 4.78 is 12.0. The van der Waals surface area contributed by atoms with Crippen LogP contribution in [0.15, 0.2) is 65.6 Å². The summed E-state index contributed by atoms with van der Waals surface area (Å²) in [6, 6.07) is 19.3. The molecule has 22 heavy (non-hydrogen) atoms. The molecule has 4 heteroatoms. The molecule has 0 bridgehead atoms. The average molecular weight is 315 g/mol. The van der Waals surface area contributed by atoms with E-state index in [0.717, 1.165) is 23.3 Å². The van der Waals surface area contributed by atoms with Crippen LogP contribution in [0.3, 0.4) is 0 Å². The number of unbranched alkanes of at least 4 members (excludes halogenated alkanes) is 1. The molecule has 0 aliphatic carbocycles. The Morgan fingerprint density at radius 1 is 0.909 bits per heavy atom. The van der Waals surface area contributed by atoms with Crippen LogP contribution in [0.25, 0.3) is 0 Å². The third kappa shape index (κ3) is 5.82. The summed E-state index contributed by atoms with van der Waals surface area (Å²) in [5, 5.41) is 2.90. The highest BCUT2D eigenvalue weighted by Crippen LogP contribution is 2.08. The van der Waals surface area contributed by atoms with Gasteiger partial charge in [-0.25, -0.2) is 0 Å². The normalized spacial score (nSPS) is 11.8. The van der Waals surface area contributed by atoms with E-state index in [1.807, 2.05) is 60.7 Å². The molecular weight excluding hydrogens is 294 g/mol. The fourth-order valence-electron chi connectivity index (χ4n) is 2.09. The van der Waals surface area contributed by atoms with Gasteiger partial charge in [0.15, 0.2) is 0 Å². The molecule has 0 spiro atoms. The lowest BCUT2D eigenvalue weighted by molar-refractivity contribution is -0.121. The van der Waals surface area contributed by atoms with Gasteiger partial charge in [0, 0.05) is 23.6 Å². The van der Waals surface area contributed by atoms with Gasteiger partial charge in [-0.15, -0.1) is 0 Å². The maximum absolute atomic E-state index is 12.0. The molecule has 0 heterocycles. The number of carbonyl (C=O) groups excluding carboxylic acids is 1. The molecule has 0 aliphatic rings. The smallest absolute Gasteiger partial charge is 0.220 e. The zero-order valence-electron chi connectivity index (χ0n) is 12.5. The van der Waals surface area contributed by atoms with Crippen molar-refractivity contribution in [1.29, 1.82) is 0 Å². The van der Waals surface area contributed by atoms with Crippen LogP contribution >= 0.6 is 0 Å². The number of hydrogen-bond acceptors (Lipinski definition) is 2. The van der Waals surface area contributed by atoms with Crippen LogP contribution < -0.4 is 5.32 Å². The van der Waals surface area contributed by atoms with E-state index in [2.05, 4.69) is 5.32 Å². The summed E-state index contributed by atoms with van der Waals surface area (Å²) >= 11 is 0. The van der Waals surface area contributed by atoms with Gasteiger partial charge in [0.2, 0.25) is 5.91 Å². The van der Waals surface area contributed by atoms with Crippen molar-refractivity contribution in [3.8, 4) is 0 Å². The van der Waals surface area contributed by atoms with Gasteiger partial charge in [-0.05, 0) is 30.5 Å². The minimum absolute atomic E-state index is 0.0503. The molecule has 0 saturated carbocycles. The predicted octanol–water partition coefficient (Wildman–Crippen LogP) is 3.28. The first-order chi connectivity index (χ1) is 10.8. The van der Waals surface area contributed by atoms with E-state index in [1.165, 1.54) is 0 Å². The summed E-state index contributed by atoms with van der Waals surface area (Å²) in [6.07, 6.45) is 2.04. The lowest BCUT2D eigenvalue weighted by Gasteiger charge is -2.05. The van der Waals surface area contributed by atoms with Crippen molar-refractivity contribution in [3.05, 3.63) is 66.2 Å². The van der Waals surface area contributed by atoms with Crippen molar-refractivity contribution in [2.75, 3.05) is 5.75 Å². The lowest BCUT2D eigenvalue weighted by Crippen LogP contribution is -2.22. The van der Waals surface area contributed by atoms with Crippen molar-refractivity contribution in [2.24, 2.45) is 0 Å². The van der Waals surface area contributed by atoms with Gasteiger partial charge in [-0.2, -0.15) is 0 Å². The van der Waals surface area contributed by atoms with Gasteiger partial charge in [-0.3, -0.25) is 9.00 Å². The molecule has 2 aromatic carbocycles. The highest BCUT2D eigenvalue weighted by molar-refractivity contribution is 7.85. The monoisotopic (exact) mass is 315 g/mol. The van der Waals surface area contributed by atoms with Crippen LogP contribution in [-0.4, -0.2) is 15.9 Å². The molecule has 0 fully saturated rings. The van der Waals surface area contributed by atoms with Gasteiger partial charge in [0.1, 0.15) is 0 Å². The third-order valence-electron chi connectivity index (χ3n) is 3.32. The Labute approximate surface area is 134 Å². The highest BCUT2D eigenvalue weighted by Gasteiger charge is 2.05. The van der Waals surface area contributed by atoms with Crippen LogP contribution in [-0.2, 0) is 22.1 Å². The summed E-state index contributed by atoms with van der Waals surface area (Å²) in [5.74, 6) is 0.657. The minimum atomic E-state index is -0.963. The Kier molecular flexibility index (Phi) is 6.84. The second-order valence-electron chi connectivity index (χ2n) is 5.08. The lowest BCUT2D eigenvalue weighted by atomic mass is 10.2. The quantitative estimate of drug-likeness (QED) is 0.760. The van der Waals surface area contributed by atoms with Gasteiger partial charge in [0.05, 0.1) is 10.8 Å². The van der Waals surface area contributed by atoms with Crippen LogP contribution in [0, 0.1) is 0 Å². The number of amides is 1. The standard InChI is InChI=1S/C18H21NO2S/c20-18(19-15-16-9-3-1-4-10-16)13-7-8-14-22(21)17-11-5-2-6-12-17/h1-6,9-12H,7-8,13-15H2,(H,19,20). The average Bonchev–Trinajstić information content (AvgIpc) is 2.58. The molecule has 0 aromatic heterocycles. The van der Waals surface area contributed by atoms with E-state index in [0.29, 0.717) is 18.7 Å². The Bertz CT molecular complexity index is 599. The molecule has 1 amide bonds. The maximum atomic E-state index is 12.0. The van der Waals surface area contributed by atoms with Crippen LogP contribution in [0.5, 0.6) is 0 Å². The van der Waals surface area contributed by atoms with Gasteiger partial charge in [-0.1, -0.05) is 48.5 Å². The highest BCUT2D eigenvalue weighted by atomic mass is 32.2. The molecule has 0 radical (unpaired) electrons. The topological polar surface area (TPSA) is 46.2 Å². The second kappa shape index (κ2) is 9.15. The van der Waals surface area contributed by atoms with E-state index in [4.69, 9.17) is 0 Å². The Hall–Kier alpha value is -1.94. The van der Waals surface area contributed by atoms with E-state index in [-0.39, 0.29) is 5.91 Å². The first-order valence-electron chi connectivity index (χ1n) is 7.50. The van der Waals surface area contributed by atoms with Crippen molar-refractivity contribution in [1.82, 2.24) is 5.32 Å². The van der Waals surface area contributed by atoms with Gasteiger partial charge in [0.25, 0.3) is 0 Å². The molecule has 116 valence electrons. The van der Waals surface area contributed by atoms with Crippen molar-refractivity contribution >= 4 is 16.7 Å². The second-order valence-corrected chi connectivity index (χ2v) is 6.65. The van der Waals surface area contributed by atoms with E-state index >= 15 is 0 Å². The molecule has 0 aliphatic heterocycles. The molecule has 1 atom stereocenters. The van der Waals surface area contributed by atoms with Gasteiger partial charge >= 0.3 is 0 Å². The predicted molar refractivity (Wildman–Crippen MR) is 89.9 cm³/mol. The maximum Gasteiger partial charge on any atom is 0.220 e. The van der Waals surface area contributed by atoms with Crippen LogP contribution in [0.2, 0.25) is 0 Å². The largest absolute Gasteiger partial charge is 0.352 e. The van der Waals surface area contributed by atoms with Crippen LogP contribution in [0.4, 0.5) is 0 Å². The molecular formula is C18H21NO2S. The van der Waals surface area contributed by atoms with Crippen molar-refractivity contribution in [3.63, 3.8) is 0 Å². The molecule has 2 aromatic rings. The minimum Gasteiger partial charge on any atom is -0.352 e. The fraction of sp³-hybridized carbons (Fsp3) is 0.278. The number of benzene rings is 2. The Balaban J connectivity index is 1.60. The summed E-state index contributed by atoms with van der Waals surface area (Å²) in [7, 11) is -0.963. The summed E-state index contributed by atoms with van der Waals surface area (Å²) in [5.41, 5.74) is 1.10. The first kappa shape index (κ1) is 16.4. The van der Waals surface area contributed by atoms with E-state index in [9.17, 15) is 9.00 Å². The van der Waals surface area contributed by atoms with E-state index in [1.54, 1.807) is 0 Å². The number of rotatable bonds is 8. The summed E-state index contributed by atoms with van der Waals surface area (Å²) in [6.45, 7) is 0.565. The zero-order valence-corrected chi connectivity index (χ0v) is 13.4. The van der Waals surface area contributed by atoms with Crippen LogP contribution in [0.1, 0.15) is 24.8 Å².